The maximum Gasteiger partial charge on any atom is 0.323 e. The first-order valence-electron chi connectivity index (χ1n) is 6.79. The zero-order valence-corrected chi connectivity index (χ0v) is 12.0. The van der Waals surface area contributed by atoms with Gasteiger partial charge in [0.15, 0.2) is 5.41 Å². The molecule has 2 aromatic rings. The molecule has 3 rings (SSSR count). The Balaban J connectivity index is 2.00. The average Bonchev–Trinajstić information content (AvgIpc) is 3.29. The van der Waals surface area contributed by atoms with E-state index >= 15 is 0 Å². The molecule has 0 saturated heterocycles. The molecule has 0 amide bonds. The highest BCUT2D eigenvalue weighted by atomic mass is 16.5. The van der Waals surface area contributed by atoms with Crippen molar-refractivity contribution in [3.63, 3.8) is 0 Å². The standard InChI is InChI=1S/C17H16O4/c1-20-15(18)17(16(19)21-2)10-14(17)13-8-7-11-5-3-4-6-12(11)9-13/h3-9,14H,10H2,1-2H3. The Hall–Kier alpha value is -2.36. The first kappa shape index (κ1) is 13.6. The van der Waals surface area contributed by atoms with Crippen LogP contribution in [-0.4, -0.2) is 26.2 Å². The van der Waals surface area contributed by atoms with E-state index in [1.165, 1.54) is 14.2 Å². The summed E-state index contributed by atoms with van der Waals surface area (Å²) >= 11 is 0. The van der Waals surface area contributed by atoms with E-state index in [1.54, 1.807) is 0 Å². The van der Waals surface area contributed by atoms with Gasteiger partial charge >= 0.3 is 11.9 Å². The molecule has 0 heterocycles. The van der Waals surface area contributed by atoms with E-state index in [-0.39, 0.29) is 5.92 Å². The van der Waals surface area contributed by atoms with Crippen LogP contribution in [0.25, 0.3) is 10.8 Å². The van der Waals surface area contributed by atoms with E-state index in [1.807, 2.05) is 42.5 Å². The number of carbonyl (C=O) groups is 2. The topological polar surface area (TPSA) is 52.6 Å². The maximum absolute atomic E-state index is 12.0. The maximum atomic E-state index is 12.0. The molecule has 0 radical (unpaired) electrons. The van der Waals surface area contributed by atoms with Crippen LogP contribution in [0, 0.1) is 5.41 Å². The zero-order valence-electron chi connectivity index (χ0n) is 12.0. The van der Waals surface area contributed by atoms with Crippen LogP contribution in [0.15, 0.2) is 42.5 Å². The van der Waals surface area contributed by atoms with Crippen molar-refractivity contribution in [2.24, 2.45) is 5.41 Å². The number of benzene rings is 2. The van der Waals surface area contributed by atoms with Crippen LogP contribution in [0.5, 0.6) is 0 Å². The fraction of sp³-hybridized carbons (Fsp3) is 0.294. The summed E-state index contributed by atoms with van der Waals surface area (Å²) in [5, 5.41) is 2.22. The van der Waals surface area contributed by atoms with Gasteiger partial charge in [0.05, 0.1) is 14.2 Å². The molecule has 0 bridgehead atoms. The largest absolute Gasteiger partial charge is 0.468 e. The number of hydrogen-bond acceptors (Lipinski definition) is 4. The van der Waals surface area contributed by atoms with Gasteiger partial charge in [0.25, 0.3) is 0 Å². The van der Waals surface area contributed by atoms with Crippen LogP contribution in [0.2, 0.25) is 0 Å². The minimum atomic E-state index is -1.17. The molecule has 1 aliphatic carbocycles. The SMILES string of the molecule is COC(=O)C1(C(=O)OC)CC1c1ccc2ccccc2c1. The lowest BCUT2D eigenvalue weighted by Crippen LogP contribution is -2.30. The molecule has 1 saturated carbocycles. The Bertz CT molecular complexity index is 704. The molecule has 1 fully saturated rings. The number of fused-ring (bicyclic) bond motifs is 1. The van der Waals surface area contributed by atoms with E-state index in [9.17, 15) is 9.59 Å². The smallest absolute Gasteiger partial charge is 0.323 e. The zero-order chi connectivity index (χ0) is 15.0. The summed E-state index contributed by atoms with van der Waals surface area (Å²) in [4.78, 5) is 24.0. The summed E-state index contributed by atoms with van der Waals surface area (Å²) in [6.07, 6.45) is 0.435. The number of carbonyl (C=O) groups excluding carboxylic acids is 2. The van der Waals surface area contributed by atoms with Gasteiger partial charge in [0, 0.05) is 5.92 Å². The molecule has 1 aliphatic rings. The number of rotatable bonds is 3. The van der Waals surface area contributed by atoms with Crippen molar-refractivity contribution < 1.29 is 19.1 Å². The first-order chi connectivity index (χ1) is 10.1. The van der Waals surface area contributed by atoms with Gasteiger partial charge in [-0.25, -0.2) is 0 Å². The normalized spacial score (nSPS) is 19.0. The Labute approximate surface area is 122 Å². The van der Waals surface area contributed by atoms with Gasteiger partial charge in [-0.2, -0.15) is 0 Å². The summed E-state index contributed by atoms with van der Waals surface area (Å²) in [7, 11) is 2.59. The Morgan fingerprint density at radius 3 is 2.24 bits per heavy atom. The monoisotopic (exact) mass is 284 g/mol. The lowest BCUT2D eigenvalue weighted by atomic mass is 9.97. The predicted molar refractivity (Wildman–Crippen MR) is 77.8 cm³/mol. The molecule has 1 atom stereocenters. The van der Waals surface area contributed by atoms with Crippen LogP contribution in [0.3, 0.4) is 0 Å². The predicted octanol–water partition coefficient (Wildman–Crippen LogP) is 2.66. The van der Waals surface area contributed by atoms with Crippen LogP contribution in [0.4, 0.5) is 0 Å². The van der Waals surface area contributed by atoms with Gasteiger partial charge in [0.1, 0.15) is 0 Å². The number of esters is 2. The average molecular weight is 284 g/mol. The second kappa shape index (κ2) is 4.88. The van der Waals surface area contributed by atoms with Gasteiger partial charge in [-0.3, -0.25) is 9.59 Å². The Kier molecular flexibility index (Phi) is 3.16. The van der Waals surface area contributed by atoms with Gasteiger partial charge in [-0.1, -0.05) is 42.5 Å². The Morgan fingerprint density at radius 2 is 1.62 bits per heavy atom. The molecular formula is C17H16O4. The lowest BCUT2D eigenvalue weighted by molar-refractivity contribution is -0.161. The molecule has 4 heteroatoms. The van der Waals surface area contributed by atoms with Crippen molar-refractivity contribution >= 4 is 22.7 Å². The second-order valence-electron chi connectivity index (χ2n) is 5.32. The van der Waals surface area contributed by atoms with Crippen molar-refractivity contribution in [1.82, 2.24) is 0 Å². The molecule has 21 heavy (non-hydrogen) atoms. The number of methoxy groups -OCH3 is 2. The molecule has 0 aliphatic heterocycles. The summed E-state index contributed by atoms with van der Waals surface area (Å²) in [6.45, 7) is 0. The fourth-order valence-corrected chi connectivity index (χ4v) is 2.99. The third kappa shape index (κ3) is 1.98. The highest BCUT2D eigenvalue weighted by Gasteiger charge is 2.68. The molecule has 4 nitrogen and oxygen atoms in total. The Morgan fingerprint density at radius 1 is 1.00 bits per heavy atom. The van der Waals surface area contributed by atoms with Gasteiger partial charge in [-0.05, 0) is 22.8 Å². The molecule has 2 aromatic carbocycles. The first-order valence-corrected chi connectivity index (χ1v) is 6.79. The van der Waals surface area contributed by atoms with E-state index in [2.05, 4.69) is 0 Å². The highest BCUT2D eigenvalue weighted by molar-refractivity contribution is 6.05. The highest BCUT2D eigenvalue weighted by Crippen LogP contribution is 2.61. The van der Waals surface area contributed by atoms with E-state index < -0.39 is 17.4 Å². The summed E-state index contributed by atoms with van der Waals surface area (Å²) in [6, 6.07) is 14.0. The van der Waals surface area contributed by atoms with Crippen molar-refractivity contribution in [1.29, 1.82) is 0 Å². The molecule has 108 valence electrons. The third-order valence-corrected chi connectivity index (χ3v) is 4.24. The summed E-state index contributed by atoms with van der Waals surface area (Å²) < 4.78 is 9.60. The molecule has 0 aromatic heterocycles. The molecule has 0 spiro atoms. The van der Waals surface area contributed by atoms with Crippen molar-refractivity contribution in [2.45, 2.75) is 12.3 Å². The van der Waals surface area contributed by atoms with Gasteiger partial charge in [0.2, 0.25) is 0 Å². The van der Waals surface area contributed by atoms with Gasteiger partial charge < -0.3 is 9.47 Å². The molecule has 1 unspecified atom stereocenters. The second-order valence-corrected chi connectivity index (χ2v) is 5.32. The van der Waals surface area contributed by atoms with Crippen LogP contribution in [-0.2, 0) is 19.1 Å². The molecule has 0 N–H and O–H groups in total. The third-order valence-electron chi connectivity index (χ3n) is 4.24. The summed E-state index contributed by atoms with van der Waals surface area (Å²) in [5.74, 6) is -1.22. The van der Waals surface area contributed by atoms with Crippen molar-refractivity contribution in [3.05, 3.63) is 48.0 Å². The molecular weight excluding hydrogens is 268 g/mol. The quantitative estimate of drug-likeness (QED) is 0.642. The fourth-order valence-electron chi connectivity index (χ4n) is 2.99. The van der Waals surface area contributed by atoms with Crippen LogP contribution < -0.4 is 0 Å². The number of hydrogen-bond donors (Lipinski definition) is 0. The van der Waals surface area contributed by atoms with Crippen LogP contribution in [0.1, 0.15) is 17.9 Å². The van der Waals surface area contributed by atoms with E-state index in [0.29, 0.717) is 6.42 Å². The van der Waals surface area contributed by atoms with Gasteiger partial charge in [-0.15, -0.1) is 0 Å². The summed E-state index contributed by atoms with van der Waals surface area (Å²) in [5.41, 5.74) is -0.212. The van der Waals surface area contributed by atoms with Crippen molar-refractivity contribution in [3.8, 4) is 0 Å². The lowest BCUT2D eigenvalue weighted by Gasteiger charge is -2.12. The van der Waals surface area contributed by atoms with Crippen molar-refractivity contribution in [2.75, 3.05) is 14.2 Å². The van der Waals surface area contributed by atoms with E-state index in [0.717, 1.165) is 16.3 Å². The number of ether oxygens (including phenoxy) is 2. The van der Waals surface area contributed by atoms with E-state index in [4.69, 9.17) is 9.47 Å². The minimum Gasteiger partial charge on any atom is -0.468 e. The minimum absolute atomic E-state index is 0.179. The van der Waals surface area contributed by atoms with Crippen LogP contribution >= 0.6 is 0 Å².